The summed E-state index contributed by atoms with van der Waals surface area (Å²) in [5, 5.41) is 2.72. The van der Waals surface area contributed by atoms with Crippen molar-refractivity contribution in [3.8, 4) is 27.9 Å². The fraction of sp³-hybridized carbons (Fsp3) is 0.190. The Hall–Kier alpha value is -4.62. The highest BCUT2D eigenvalue weighted by molar-refractivity contribution is 6.16. The Labute approximate surface area is 253 Å². The fourth-order valence-electron chi connectivity index (χ4n) is 8.25. The van der Waals surface area contributed by atoms with Gasteiger partial charge in [-0.1, -0.05) is 125 Å². The molecule has 5 aromatic carbocycles. The molecule has 1 nitrogen and oxygen atoms in total. The quantitative estimate of drug-likeness (QED) is 0.205. The van der Waals surface area contributed by atoms with E-state index in [0.29, 0.717) is 5.92 Å². The molecule has 0 saturated carbocycles. The predicted molar refractivity (Wildman–Crippen MR) is 182 cm³/mol. The van der Waals surface area contributed by atoms with E-state index in [9.17, 15) is 0 Å². The third-order valence-electron chi connectivity index (χ3n) is 10.7. The van der Waals surface area contributed by atoms with E-state index in [2.05, 4.69) is 154 Å². The third kappa shape index (κ3) is 3.28. The smallest absolute Gasteiger partial charge is 0.0582 e. The molecule has 0 saturated heterocycles. The van der Waals surface area contributed by atoms with Crippen LogP contribution in [0.4, 0.5) is 0 Å². The van der Waals surface area contributed by atoms with Crippen molar-refractivity contribution in [1.82, 2.24) is 4.57 Å². The molecule has 3 heterocycles. The highest BCUT2D eigenvalue weighted by atomic mass is 15.0. The van der Waals surface area contributed by atoms with E-state index >= 15 is 0 Å². The van der Waals surface area contributed by atoms with Crippen LogP contribution >= 0.6 is 0 Å². The van der Waals surface area contributed by atoms with Gasteiger partial charge in [0.1, 0.15) is 0 Å². The summed E-state index contributed by atoms with van der Waals surface area (Å²) < 4.78 is 2.63. The van der Waals surface area contributed by atoms with Gasteiger partial charge in [-0.15, -0.1) is 0 Å². The summed E-state index contributed by atoms with van der Waals surface area (Å²) in [6.45, 7) is 9.68. The number of nitrogens with zero attached hydrogens (tertiary/aromatic N) is 1. The number of fused-ring (bicyclic) bond motifs is 1. The molecule has 1 atom stereocenters. The largest absolute Gasteiger partial charge is 0.308 e. The molecular formula is C42H35N. The molecule has 0 fully saturated rings. The van der Waals surface area contributed by atoms with Gasteiger partial charge in [-0.05, 0) is 80.8 Å². The van der Waals surface area contributed by atoms with Crippen molar-refractivity contribution < 1.29 is 0 Å². The highest BCUT2D eigenvalue weighted by Gasteiger charge is 2.43. The van der Waals surface area contributed by atoms with Crippen LogP contribution in [0.5, 0.6) is 0 Å². The third-order valence-corrected chi connectivity index (χ3v) is 10.7. The van der Waals surface area contributed by atoms with Crippen LogP contribution in [-0.2, 0) is 10.8 Å². The van der Waals surface area contributed by atoms with Crippen molar-refractivity contribution in [2.45, 2.75) is 50.9 Å². The van der Waals surface area contributed by atoms with Gasteiger partial charge in [-0.2, -0.15) is 0 Å². The van der Waals surface area contributed by atoms with Crippen LogP contribution < -0.4 is 0 Å². The Morgan fingerprint density at radius 3 is 1.70 bits per heavy atom. The summed E-state index contributed by atoms with van der Waals surface area (Å²) in [5.74, 6) is 0.463. The SMILES string of the molecule is CC1(C)c2cccc3c2-n2c4c1cc(-c1ccccc1)cc4c1cc(-c4ccc(C5C=CC=CC5)cc4)cc(c12)C3(C)C. The number of aromatic nitrogens is 1. The summed E-state index contributed by atoms with van der Waals surface area (Å²) in [5.41, 5.74) is 16.1. The molecule has 9 rings (SSSR count). The van der Waals surface area contributed by atoms with Crippen molar-refractivity contribution in [2.24, 2.45) is 0 Å². The van der Waals surface area contributed by atoms with E-state index in [1.54, 1.807) is 0 Å². The van der Waals surface area contributed by atoms with Gasteiger partial charge in [-0.25, -0.2) is 0 Å². The lowest BCUT2D eigenvalue weighted by molar-refractivity contribution is 0.594. The molecule has 1 unspecified atom stereocenters. The van der Waals surface area contributed by atoms with Gasteiger partial charge >= 0.3 is 0 Å². The molecule has 0 bridgehead atoms. The van der Waals surface area contributed by atoms with Crippen molar-refractivity contribution in [1.29, 1.82) is 0 Å². The van der Waals surface area contributed by atoms with E-state index in [1.807, 2.05) is 0 Å². The van der Waals surface area contributed by atoms with E-state index in [1.165, 1.54) is 77.6 Å². The topological polar surface area (TPSA) is 4.93 Å². The molecule has 0 spiro atoms. The van der Waals surface area contributed by atoms with Crippen LogP contribution in [0.15, 0.2) is 121 Å². The Morgan fingerprint density at radius 2 is 1.14 bits per heavy atom. The average Bonchev–Trinajstić information content (AvgIpc) is 3.37. The predicted octanol–water partition coefficient (Wildman–Crippen LogP) is 11.0. The summed E-state index contributed by atoms with van der Waals surface area (Å²) in [7, 11) is 0. The van der Waals surface area contributed by atoms with Gasteiger partial charge in [0.25, 0.3) is 0 Å². The molecule has 2 aliphatic heterocycles. The zero-order valence-electron chi connectivity index (χ0n) is 25.3. The van der Waals surface area contributed by atoms with Gasteiger partial charge in [0.05, 0.1) is 16.7 Å². The average molecular weight is 554 g/mol. The standard InChI is InChI=1S/C42H35N/c1-41(2)34-16-11-17-35-40(34)43-38-32(22-30(24-36(38)41)27-14-9-6-10-15-27)33-23-31(25-37(39(33)43)42(35,3)4)29-20-18-28(19-21-29)26-12-7-5-8-13-26/h5-12,14-26H,13H2,1-4H3. The molecule has 1 aliphatic carbocycles. The lowest BCUT2D eigenvalue weighted by Crippen LogP contribution is -2.33. The molecule has 208 valence electrons. The highest BCUT2D eigenvalue weighted by Crippen LogP contribution is 2.56. The molecule has 6 aromatic rings. The minimum Gasteiger partial charge on any atom is -0.308 e. The molecule has 0 amide bonds. The summed E-state index contributed by atoms with van der Waals surface area (Å²) in [6.07, 6.45) is 9.98. The van der Waals surface area contributed by atoms with Gasteiger partial charge in [0.15, 0.2) is 0 Å². The summed E-state index contributed by atoms with van der Waals surface area (Å²) >= 11 is 0. The van der Waals surface area contributed by atoms with Crippen LogP contribution in [0.1, 0.15) is 67.9 Å². The summed E-state index contributed by atoms with van der Waals surface area (Å²) in [6, 6.07) is 37.1. The number of hydrogen-bond acceptors (Lipinski definition) is 0. The maximum atomic E-state index is 2.63. The fourth-order valence-corrected chi connectivity index (χ4v) is 8.25. The van der Waals surface area contributed by atoms with E-state index in [-0.39, 0.29) is 10.8 Å². The molecule has 1 aromatic heterocycles. The van der Waals surface area contributed by atoms with Crippen molar-refractivity contribution in [3.63, 3.8) is 0 Å². The molecule has 1 heteroatoms. The minimum absolute atomic E-state index is 0.117. The molecule has 43 heavy (non-hydrogen) atoms. The van der Waals surface area contributed by atoms with Crippen LogP contribution in [-0.4, -0.2) is 4.57 Å². The maximum absolute atomic E-state index is 2.63. The maximum Gasteiger partial charge on any atom is 0.0582 e. The van der Waals surface area contributed by atoms with Crippen molar-refractivity contribution in [2.75, 3.05) is 0 Å². The molecule has 3 aliphatic rings. The number of benzene rings is 5. The second-order valence-electron chi connectivity index (χ2n) is 13.8. The first-order valence-electron chi connectivity index (χ1n) is 15.6. The second kappa shape index (κ2) is 8.48. The molecule has 0 N–H and O–H groups in total. The lowest BCUT2D eigenvalue weighted by atomic mass is 9.68. The van der Waals surface area contributed by atoms with Gasteiger partial charge in [-0.3, -0.25) is 0 Å². The van der Waals surface area contributed by atoms with Crippen LogP contribution in [0.25, 0.3) is 49.7 Å². The van der Waals surface area contributed by atoms with Crippen LogP contribution in [0, 0.1) is 0 Å². The zero-order chi connectivity index (χ0) is 29.1. The Balaban J connectivity index is 1.37. The first kappa shape index (κ1) is 24.9. The molecule has 0 radical (unpaired) electrons. The number of para-hydroxylation sites is 1. The Kier molecular flexibility index (Phi) is 4.92. The van der Waals surface area contributed by atoms with Crippen LogP contribution in [0.2, 0.25) is 0 Å². The Bertz CT molecular complexity index is 2180. The second-order valence-corrected chi connectivity index (χ2v) is 13.8. The molecular weight excluding hydrogens is 518 g/mol. The van der Waals surface area contributed by atoms with Gasteiger partial charge in [0.2, 0.25) is 0 Å². The normalized spacial score (nSPS) is 18.6. The van der Waals surface area contributed by atoms with E-state index in [4.69, 9.17) is 0 Å². The number of allylic oxidation sites excluding steroid dienone is 4. The van der Waals surface area contributed by atoms with Crippen molar-refractivity contribution >= 4 is 21.8 Å². The van der Waals surface area contributed by atoms with E-state index in [0.717, 1.165) is 6.42 Å². The summed E-state index contributed by atoms with van der Waals surface area (Å²) in [4.78, 5) is 0. The van der Waals surface area contributed by atoms with Crippen LogP contribution in [0.3, 0.4) is 0 Å². The monoisotopic (exact) mass is 553 g/mol. The number of rotatable bonds is 3. The minimum atomic E-state index is -0.126. The van der Waals surface area contributed by atoms with Crippen molar-refractivity contribution in [3.05, 3.63) is 149 Å². The first-order chi connectivity index (χ1) is 20.8. The van der Waals surface area contributed by atoms with Gasteiger partial charge < -0.3 is 4.57 Å². The number of hydrogen-bond donors (Lipinski definition) is 0. The lowest BCUT2D eigenvalue weighted by Gasteiger charge is -2.42. The zero-order valence-corrected chi connectivity index (χ0v) is 25.3. The first-order valence-corrected chi connectivity index (χ1v) is 15.6. The van der Waals surface area contributed by atoms with Gasteiger partial charge in [0, 0.05) is 27.5 Å². The Morgan fingerprint density at radius 1 is 0.558 bits per heavy atom. The van der Waals surface area contributed by atoms with E-state index < -0.39 is 0 Å².